The van der Waals surface area contributed by atoms with Crippen molar-refractivity contribution in [2.75, 3.05) is 20.2 Å². The van der Waals surface area contributed by atoms with Crippen LogP contribution < -0.4 is 0 Å². The van der Waals surface area contributed by atoms with E-state index in [0.717, 1.165) is 6.42 Å². The van der Waals surface area contributed by atoms with Crippen molar-refractivity contribution in [2.24, 2.45) is 0 Å². The summed E-state index contributed by atoms with van der Waals surface area (Å²) in [5.41, 5.74) is 0. The van der Waals surface area contributed by atoms with Gasteiger partial charge in [0.15, 0.2) is 0 Å². The van der Waals surface area contributed by atoms with E-state index in [1.807, 2.05) is 6.92 Å². The Bertz CT molecular complexity index is 364. The Morgan fingerprint density at radius 1 is 1.47 bits per heavy atom. The van der Waals surface area contributed by atoms with Crippen molar-refractivity contribution in [3.8, 4) is 0 Å². The zero-order valence-corrected chi connectivity index (χ0v) is 10.00. The molecule has 1 aromatic rings. The second-order valence-corrected chi connectivity index (χ2v) is 3.49. The molecule has 0 aliphatic heterocycles. The maximum Gasteiger partial charge on any atom is 0.325 e. The molecule has 0 N–H and O–H groups in total. The van der Waals surface area contributed by atoms with E-state index >= 15 is 0 Å². The number of hydrogen-bond donors (Lipinski definition) is 0. The molecular formula is C10H16N4O3. The van der Waals surface area contributed by atoms with Crippen molar-refractivity contribution in [3.63, 3.8) is 0 Å². The third-order valence-corrected chi connectivity index (χ3v) is 2.16. The van der Waals surface area contributed by atoms with Crippen molar-refractivity contribution in [1.29, 1.82) is 0 Å². The summed E-state index contributed by atoms with van der Waals surface area (Å²) in [6.07, 6.45) is 3.87. The van der Waals surface area contributed by atoms with Gasteiger partial charge in [-0.2, -0.15) is 0 Å². The van der Waals surface area contributed by atoms with E-state index < -0.39 is 5.97 Å². The maximum atomic E-state index is 11.9. The molecule has 0 fully saturated rings. The number of esters is 1. The lowest BCUT2D eigenvalue weighted by atomic mass is 10.3. The van der Waals surface area contributed by atoms with E-state index in [1.54, 1.807) is 6.20 Å². The minimum Gasteiger partial charge on any atom is -0.468 e. The van der Waals surface area contributed by atoms with Gasteiger partial charge >= 0.3 is 5.97 Å². The van der Waals surface area contributed by atoms with E-state index in [2.05, 4.69) is 15.0 Å². The van der Waals surface area contributed by atoms with Crippen LogP contribution in [0, 0.1) is 0 Å². The number of amides is 1. The van der Waals surface area contributed by atoms with E-state index in [4.69, 9.17) is 0 Å². The lowest BCUT2D eigenvalue weighted by Gasteiger charge is -2.20. The largest absolute Gasteiger partial charge is 0.468 e. The Labute approximate surface area is 99.3 Å². The summed E-state index contributed by atoms with van der Waals surface area (Å²) in [5.74, 6) is -0.604. The highest BCUT2D eigenvalue weighted by Gasteiger charge is 2.17. The highest BCUT2D eigenvalue weighted by molar-refractivity contribution is 5.81. The predicted molar refractivity (Wildman–Crippen MR) is 58.9 cm³/mol. The highest BCUT2D eigenvalue weighted by Crippen LogP contribution is 1.96. The van der Waals surface area contributed by atoms with Gasteiger partial charge in [0.2, 0.25) is 5.91 Å². The topological polar surface area (TPSA) is 77.3 Å². The smallest absolute Gasteiger partial charge is 0.325 e. The first-order valence-corrected chi connectivity index (χ1v) is 5.36. The molecule has 0 atom stereocenters. The maximum absolute atomic E-state index is 11.9. The summed E-state index contributed by atoms with van der Waals surface area (Å²) in [7, 11) is 1.30. The van der Waals surface area contributed by atoms with Crippen LogP contribution in [0.2, 0.25) is 0 Å². The molecular weight excluding hydrogens is 224 g/mol. The van der Waals surface area contributed by atoms with Crippen LogP contribution in [0.1, 0.15) is 13.3 Å². The van der Waals surface area contributed by atoms with Gasteiger partial charge in [0, 0.05) is 12.7 Å². The second-order valence-electron chi connectivity index (χ2n) is 3.49. The van der Waals surface area contributed by atoms with Crippen LogP contribution in [0.25, 0.3) is 0 Å². The highest BCUT2D eigenvalue weighted by atomic mass is 16.5. The van der Waals surface area contributed by atoms with Gasteiger partial charge in [-0.15, -0.1) is 5.10 Å². The number of ether oxygens (including phenoxy) is 1. The summed E-state index contributed by atoms with van der Waals surface area (Å²) in [6.45, 7) is 2.50. The van der Waals surface area contributed by atoms with Crippen LogP contribution in [-0.2, 0) is 20.9 Å². The Morgan fingerprint density at radius 3 is 2.76 bits per heavy atom. The zero-order valence-electron chi connectivity index (χ0n) is 10.00. The van der Waals surface area contributed by atoms with Crippen molar-refractivity contribution < 1.29 is 14.3 Å². The van der Waals surface area contributed by atoms with E-state index in [1.165, 1.54) is 22.9 Å². The molecule has 0 radical (unpaired) electrons. The molecule has 1 amide bonds. The lowest BCUT2D eigenvalue weighted by Crippen LogP contribution is -2.38. The van der Waals surface area contributed by atoms with Crippen molar-refractivity contribution >= 4 is 11.9 Å². The van der Waals surface area contributed by atoms with Crippen LogP contribution >= 0.6 is 0 Å². The molecule has 7 nitrogen and oxygen atoms in total. The van der Waals surface area contributed by atoms with Gasteiger partial charge in [0.1, 0.15) is 13.1 Å². The Morgan fingerprint density at radius 2 is 2.24 bits per heavy atom. The predicted octanol–water partition coefficient (Wildman–Crippen LogP) is -0.310. The first kappa shape index (κ1) is 13.1. The number of methoxy groups -OCH3 is 1. The molecule has 0 unspecified atom stereocenters. The van der Waals surface area contributed by atoms with Crippen LogP contribution in [0.5, 0.6) is 0 Å². The van der Waals surface area contributed by atoms with Crippen LogP contribution in [0.4, 0.5) is 0 Å². The number of carbonyl (C=O) groups excluding carboxylic acids is 2. The Hall–Kier alpha value is -1.92. The third kappa shape index (κ3) is 4.21. The van der Waals surface area contributed by atoms with Crippen molar-refractivity contribution in [2.45, 2.75) is 19.9 Å². The average molecular weight is 240 g/mol. The SMILES string of the molecule is CCCN(CC(=O)OC)C(=O)Cn1ccnn1. The second kappa shape index (κ2) is 6.62. The fourth-order valence-corrected chi connectivity index (χ4v) is 1.34. The van der Waals surface area contributed by atoms with Crippen LogP contribution in [0.3, 0.4) is 0 Å². The van der Waals surface area contributed by atoms with Crippen LogP contribution in [-0.4, -0.2) is 52.0 Å². The minimum absolute atomic E-state index is 0.0299. The molecule has 0 bridgehead atoms. The summed E-state index contributed by atoms with van der Waals surface area (Å²) in [6, 6.07) is 0. The first-order chi connectivity index (χ1) is 8.17. The van der Waals surface area contributed by atoms with Crippen molar-refractivity contribution in [1.82, 2.24) is 19.9 Å². The average Bonchev–Trinajstić information content (AvgIpc) is 2.81. The summed E-state index contributed by atoms with van der Waals surface area (Å²) in [4.78, 5) is 24.5. The summed E-state index contributed by atoms with van der Waals surface area (Å²) < 4.78 is 5.96. The molecule has 0 spiro atoms. The van der Waals surface area contributed by atoms with E-state index in [9.17, 15) is 9.59 Å². The molecule has 0 aliphatic rings. The number of rotatable bonds is 6. The Kier molecular flexibility index (Phi) is 5.12. The van der Waals surface area contributed by atoms with Gasteiger partial charge in [-0.05, 0) is 6.42 Å². The van der Waals surface area contributed by atoms with E-state index in [-0.39, 0.29) is 19.0 Å². The number of hydrogen-bond acceptors (Lipinski definition) is 5. The summed E-state index contributed by atoms with van der Waals surface area (Å²) >= 11 is 0. The monoisotopic (exact) mass is 240 g/mol. The molecule has 0 saturated heterocycles. The quantitative estimate of drug-likeness (QED) is 0.637. The third-order valence-electron chi connectivity index (χ3n) is 2.16. The van der Waals surface area contributed by atoms with E-state index in [0.29, 0.717) is 6.54 Å². The van der Waals surface area contributed by atoms with Gasteiger partial charge in [0.05, 0.1) is 13.3 Å². The lowest BCUT2D eigenvalue weighted by molar-refractivity contribution is -0.147. The number of nitrogens with zero attached hydrogens (tertiary/aromatic N) is 4. The molecule has 0 aliphatic carbocycles. The first-order valence-electron chi connectivity index (χ1n) is 5.36. The molecule has 94 valence electrons. The minimum atomic E-state index is -0.426. The van der Waals surface area contributed by atoms with Gasteiger partial charge in [0.25, 0.3) is 0 Å². The molecule has 1 heterocycles. The molecule has 0 saturated carbocycles. The normalized spacial score (nSPS) is 10.0. The molecule has 0 aromatic carbocycles. The van der Waals surface area contributed by atoms with Crippen LogP contribution in [0.15, 0.2) is 12.4 Å². The Balaban J connectivity index is 2.56. The number of carbonyl (C=O) groups is 2. The van der Waals surface area contributed by atoms with Gasteiger partial charge in [-0.25, -0.2) is 4.68 Å². The fourth-order valence-electron chi connectivity index (χ4n) is 1.34. The van der Waals surface area contributed by atoms with Gasteiger partial charge < -0.3 is 9.64 Å². The van der Waals surface area contributed by atoms with Gasteiger partial charge in [-0.3, -0.25) is 9.59 Å². The molecule has 17 heavy (non-hydrogen) atoms. The van der Waals surface area contributed by atoms with Crippen molar-refractivity contribution in [3.05, 3.63) is 12.4 Å². The zero-order chi connectivity index (χ0) is 12.7. The van der Waals surface area contributed by atoms with Gasteiger partial charge in [-0.1, -0.05) is 12.1 Å². The standard InChI is InChI=1S/C10H16N4O3/c1-3-5-13(8-10(16)17-2)9(15)7-14-6-4-11-12-14/h4,6H,3,5,7-8H2,1-2H3. The molecule has 1 aromatic heterocycles. The summed E-state index contributed by atoms with van der Waals surface area (Å²) in [5, 5.41) is 7.31. The number of aromatic nitrogens is 3. The molecule has 7 heteroatoms. The fraction of sp³-hybridized carbons (Fsp3) is 0.600. The molecule has 1 rings (SSSR count).